The lowest BCUT2D eigenvalue weighted by atomic mass is 10.1. The Kier molecular flexibility index (Phi) is 3.48. The molecular formula is C15H16N2O4. The zero-order valence-corrected chi connectivity index (χ0v) is 11.6. The molecule has 2 heterocycles. The molecule has 1 fully saturated rings. The van der Waals surface area contributed by atoms with Gasteiger partial charge in [0.25, 0.3) is 0 Å². The SMILES string of the molecule is Cc1cc(=O)oc2cc(NC(=O)[C@H]3C[C@@H](O)CN3)ccc12. The number of hydrogen-bond donors (Lipinski definition) is 3. The normalized spacial score (nSPS) is 21.6. The second kappa shape index (κ2) is 5.31. The number of carbonyl (C=O) groups excluding carboxylic acids is 1. The molecule has 1 aromatic carbocycles. The number of anilines is 1. The van der Waals surface area contributed by atoms with Crippen LogP contribution in [0.1, 0.15) is 12.0 Å². The van der Waals surface area contributed by atoms with E-state index < -0.39 is 17.8 Å². The summed E-state index contributed by atoms with van der Waals surface area (Å²) in [5.41, 5.74) is 1.42. The molecule has 1 aromatic heterocycles. The molecule has 1 saturated heterocycles. The molecule has 2 aromatic rings. The van der Waals surface area contributed by atoms with E-state index in [-0.39, 0.29) is 5.91 Å². The van der Waals surface area contributed by atoms with E-state index >= 15 is 0 Å². The van der Waals surface area contributed by atoms with Crippen LogP contribution in [0.4, 0.5) is 5.69 Å². The molecule has 0 spiro atoms. The van der Waals surface area contributed by atoms with E-state index in [9.17, 15) is 14.7 Å². The van der Waals surface area contributed by atoms with Crippen LogP contribution in [0.3, 0.4) is 0 Å². The maximum atomic E-state index is 12.1. The highest BCUT2D eigenvalue weighted by Gasteiger charge is 2.28. The fraction of sp³-hybridized carbons (Fsp3) is 0.333. The van der Waals surface area contributed by atoms with Crippen molar-refractivity contribution < 1.29 is 14.3 Å². The van der Waals surface area contributed by atoms with Crippen LogP contribution in [-0.2, 0) is 4.79 Å². The van der Waals surface area contributed by atoms with Gasteiger partial charge in [0, 0.05) is 29.8 Å². The first-order valence-electron chi connectivity index (χ1n) is 6.80. The summed E-state index contributed by atoms with van der Waals surface area (Å²) < 4.78 is 5.14. The third kappa shape index (κ3) is 2.81. The molecule has 6 nitrogen and oxygen atoms in total. The van der Waals surface area contributed by atoms with E-state index in [2.05, 4.69) is 10.6 Å². The van der Waals surface area contributed by atoms with Crippen LogP contribution in [0.5, 0.6) is 0 Å². The van der Waals surface area contributed by atoms with Crippen molar-refractivity contribution in [1.29, 1.82) is 0 Å². The summed E-state index contributed by atoms with van der Waals surface area (Å²) in [7, 11) is 0. The molecule has 1 aliphatic rings. The quantitative estimate of drug-likeness (QED) is 0.710. The minimum absolute atomic E-state index is 0.207. The van der Waals surface area contributed by atoms with Crippen molar-refractivity contribution in [3.63, 3.8) is 0 Å². The van der Waals surface area contributed by atoms with Gasteiger partial charge >= 0.3 is 5.63 Å². The lowest BCUT2D eigenvalue weighted by Gasteiger charge is -2.11. The second-order valence-corrected chi connectivity index (χ2v) is 5.30. The number of carbonyl (C=O) groups is 1. The standard InChI is InChI=1S/C15H16N2O4/c1-8-4-14(19)21-13-5-9(2-3-11(8)13)17-15(20)12-6-10(18)7-16-12/h2-5,10,12,16,18H,6-7H2,1H3,(H,17,20)/t10-,12-/m1/s1. The molecule has 110 valence electrons. The van der Waals surface area contributed by atoms with Gasteiger partial charge < -0.3 is 20.2 Å². The highest BCUT2D eigenvalue weighted by Crippen LogP contribution is 2.21. The van der Waals surface area contributed by atoms with Crippen LogP contribution in [0.25, 0.3) is 11.0 Å². The fourth-order valence-corrected chi connectivity index (χ4v) is 2.55. The van der Waals surface area contributed by atoms with Crippen molar-refractivity contribution in [2.45, 2.75) is 25.5 Å². The van der Waals surface area contributed by atoms with Gasteiger partial charge in [0.2, 0.25) is 5.91 Å². The molecule has 0 bridgehead atoms. The third-order valence-corrected chi connectivity index (χ3v) is 3.64. The minimum Gasteiger partial charge on any atom is -0.423 e. The molecule has 1 aliphatic heterocycles. The predicted molar refractivity (Wildman–Crippen MR) is 78.3 cm³/mol. The summed E-state index contributed by atoms with van der Waals surface area (Å²) in [5.74, 6) is -0.207. The average Bonchev–Trinajstić information content (AvgIpc) is 2.85. The van der Waals surface area contributed by atoms with Gasteiger partial charge in [-0.2, -0.15) is 0 Å². The Morgan fingerprint density at radius 1 is 1.43 bits per heavy atom. The van der Waals surface area contributed by atoms with Crippen molar-refractivity contribution >= 4 is 22.6 Å². The lowest BCUT2D eigenvalue weighted by molar-refractivity contribution is -0.117. The Morgan fingerprint density at radius 3 is 2.95 bits per heavy atom. The molecular weight excluding hydrogens is 272 g/mol. The number of aliphatic hydroxyl groups is 1. The first kappa shape index (κ1) is 13.8. The van der Waals surface area contributed by atoms with E-state index in [1.165, 1.54) is 6.07 Å². The number of rotatable bonds is 2. The van der Waals surface area contributed by atoms with E-state index in [1.807, 2.05) is 6.92 Å². The fourth-order valence-electron chi connectivity index (χ4n) is 2.55. The summed E-state index contributed by atoms with van der Waals surface area (Å²) in [6, 6.07) is 6.23. The van der Waals surface area contributed by atoms with Crippen LogP contribution in [0, 0.1) is 6.92 Å². The van der Waals surface area contributed by atoms with Crippen LogP contribution in [0.15, 0.2) is 33.5 Å². The summed E-state index contributed by atoms with van der Waals surface area (Å²) in [5, 5.41) is 16.0. The van der Waals surface area contributed by atoms with Gasteiger partial charge in [-0.1, -0.05) is 0 Å². The summed E-state index contributed by atoms with van der Waals surface area (Å²) >= 11 is 0. The summed E-state index contributed by atoms with van der Waals surface area (Å²) in [6.07, 6.45) is -0.0915. The van der Waals surface area contributed by atoms with Gasteiger partial charge in [-0.3, -0.25) is 4.79 Å². The number of aryl methyl sites for hydroxylation is 1. The molecule has 21 heavy (non-hydrogen) atoms. The highest BCUT2D eigenvalue weighted by molar-refractivity contribution is 5.97. The average molecular weight is 288 g/mol. The molecule has 0 unspecified atom stereocenters. The minimum atomic E-state index is -0.488. The predicted octanol–water partition coefficient (Wildman–Crippen LogP) is 0.763. The topological polar surface area (TPSA) is 91.6 Å². The summed E-state index contributed by atoms with van der Waals surface area (Å²) in [6.45, 7) is 2.26. The maximum absolute atomic E-state index is 12.1. The number of fused-ring (bicyclic) bond motifs is 1. The number of hydrogen-bond acceptors (Lipinski definition) is 5. The van der Waals surface area contributed by atoms with Crippen molar-refractivity contribution in [2.24, 2.45) is 0 Å². The number of aliphatic hydroxyl groups excluding tert-OH is 1. The molecule has 0 radical (unpaired) electrons. The molecule has 2 atom stereocenters. The Hall–Kier alpha value is -2.18. The van der Waals surface area contributed by atoms with Crippen molar-refractivity contribution in [1.82, 2.24) is 5.32 Å². The third-order valence-electron chi connectivity index (χ3n) is 3.64. The van der Waals surface area contributed by atoms with Crippen molar-refractivity contribution in [3.05, 3.63) is 40.2 Å². The van der Waals surface area contributed by atoms with Gasteiger partial charge in [-0.25, -0.2) is 4.79 Å². The van der Waals surface area contributed by atoms with Gasteiger partial charge in [0.05, 0.1) is 12.1 Å². The Balaban J connectivity index is 1.84. The number of amides is 1. The molecule has 0 aliphatic carbocycles. The molecule has 0 saturated carbocycles. The van der Waals surface area contributed by atoms with Crippen molar-refractivity contribution in [3.8, 4) is 0 Å². The number of benzene rings is 1. The van der Waals surface area contributed by atoms with Crippen LogP contribution in [-0.4, -0.2) is 29.7 Å². The number of β-amino-alcohol motifs (C(OH)–C–C–N with tert-alkyl or cyclic N) is 1. The van der Waals surface area contributed by atoms with Crippen LogP contribution < -0.4 is 16.3 Å². The first-order valence-corrected chi connectivity index (χ1v) is 6.80. The monoisotopic (exact) mass is 288 g/mol. The summed E-state index contributed by atoms with van der Waals surface area (Å²) in [4.78, 5) is 23.4. The Morgan fingerprint density at radius 2 is 2.24 bits per heavy atom. The molecule has 1 amide bonds. The molecule has 3 N–H and O–H groups in total. The Bertz CT molecular complexity index is 753. The van der Waals surface area contributed by atoms with Crippen LogP contribution >= 0.6 is 0 Å². The Labute approximate surface area is 120 Å². The van der Waals surface area contributed by atoms with E-state index in [0.717, 1.165) is 10.9 Å². The van der Waals surface area contributed by atoms with E-state index in [1.54, 1.807) is 18.2 Å². The highest BCUT2D eigenvalue weighted by atomic mass is 16.4. The second-order valence-electron chi connectivity index (χ2n) is 5.30. The number of nitrogens with one attached hydrogen (secondary N) is 2. The zero-order chi connectivity index (χ0) is 15.0. The van der Waals surface area contributed by atoms with Gasteiger partial charge in [-0.15, -0.1) is 0 Å². The van der Waals surface area contributed by atoms with Gasteiger partial charge in [-0.05, 0) is 31.0 Å². The lowest BCUT2D eigenvalue weighted by Crippen LogP contribution is -2.35. The molecule has 3 rings (SSSR count). The van der Waals surface area contributed by atoms with Gasteiger partial charge in [0.15, 0.2) is 0 Å². The van der Waals surface area contributed by atoms with Crippen molar-refractivity contribution in [2.75, 3.05) is 11.9 Å². The largest absolute Gasteiger partial charge is 0.423 e. The van der Waals surface area contributed by atoms with E-state index in [0.29, 0.717) is 24.2 Å². The van der Waals surface area contributed by atoms with Gasteiger partial charge in [0.1, 0.15) is 5.58 Å². The molecule has 6 heteroatoms. The smallest absolute Gasteiger partial charge is 0.336 e. The first-order chi connectivity index (χ1) is 10.0. The maximum Gasteiger partial charge on any atom is 0.336 e. The van der Waals surface area contributed by atoms with Crippen LogP contribution in [0.2, 0.25) is 0 Å². The van der Waals surface area contributed by atoms with E-state index in [4.69, 9.17) is 4.42 Å². The zero-order valence-electron chi connectivity index (χ0n) is 11.6.